The Morgan fingerprint density at radius 3 is 2.71 bits per heavy atom. The quantitative estimate of drug-likeness (QED) is 0.776. The predicted molar refractivity (Wildman–Crippen MR) is 91.0 cm³/mol. The van der Waals surface area contributed by atoms with E-state index in [2.05, 4.69) is 37.2 Å². The minimum absolute atomic E-state index is 0.0945. The molecule has 1 N–H and O–H groups in total. The Hall–Kier alpha value is -2.96. The lowest BCUT2D eigenvalue weighted by molar-refractivity contribution is 0.0735. The van der Waals surface area contributed by atoms with E-state index >= 15 is 0 Å². The van der Waals surface area contributed by atoms with Gasteiger partial charge in [-0.1, -0.05) is 18.2 Å². The van der Waals surface area contributed by atoms with Crippen LogP contribution in [0.1, 0.15) is 16.3 Å². The highest BCUT2D eigenvalue weighted by Crippen LogP contribution is 2.27. The van der Waals surface area contributed by atoms with Gasteiger partial charge in [0.15, 0.2) is 0 Å². The molecule has 1 aromatic carbocycles. The van der Waals surface area contributed by atoms with Crippen molar-refractivity contribution < 1.29 is 4.79 Å². The number of carbonyl (C=O) groups excluding carboxylic acids is 1. The van der Waals surface area contributed by atoms with Gasteiger partial charge in [-0.3, -0.25) is 14.9 Å². The molecule has 1 saturated heterocycles. The van der Waals surface area contributed by atoms with Crippen LogP contribution in [0.25, 0.3) is 10.9 Å². The van der Waals surface area contributed by atoms with Gasteiger partial charge in [0, 0.05) is 42.9 Å². The van der Waals surface area contributed by atoms with Crippen LogP contribution in [0.4, 0.5) is 5.69 Å². The third kappa shape index (κ3) is 2.58. The van der Waals surface area contributed by atoms with Gasteiger partial charge in [0.25, 0.3) is 5.91 Å². The van der Waals surface area contributed by atoms with Crippen LogP contribution in [-0.2, 0) is 0 Å². The summed E-state index contributed by atoms with van der Waals surface area (Å²) in [4.78, 5) is 25.0. The van der Waals surface area contributed by atoms with Crippen molar-refractivity contribution in [2.24, 2.45) is 0 Å². The summed E-state index contributed by atoms with van der Waals surface area (Å²) in [6.45, 7) is 4.91. The van der Waals surface area contributed by atoms with E-state index in [1.165, 1.54) is 12.0 Å². The number of nitrogens with zero attached hydrogens (tertiary/aromatic N) is 5. The first-order valence-corrected chi connectivity index (χ1v) is 7.98. The van der Waals surface area contributed by atoms with Crippen molar-refractivity contribution in [2.45, 2.75) is 6.92 Å². The number of fused-ring (bicyclic) bond motifs is 1. The normalized spacial score (nSPS) is 15.0. The highest BCUT2D eigenvalue weighted by atomic mass is 16.2. The molecule has 0 spiro atoms. The summed E-state index contributed by atoms with van der Waals surface area (Å²) >= 11 is 0. The number of hydrogen-bond acceptors (Lipinski definition) is 5. The zero-order chi connectivity index (χ0) is 16.5. The van der Waals surface area contributed by atoms with Crippen LogP contribution in [0.5, 0.6) is 0 Å². The number of aryl methyl sites for hydroxylation is 1. The fourth-order valence-corrected chi connectivity index (χ4v) is 3.16. The van der Waals surface area contributed by atoms with E-state index in [-0.39, 0.29) is 5.91 Å². The fraction of sp³-hybridized carbons (Fsp3) is 0.294. The summed E-state index contributed by atoms with van der Waals surface area (Å²) in [6, 6.07) is 10.3. The topological polar surface area (TPSA) is 78.0 Å². The summed E-state index contributed by atoms with van der Waals surface area (Å²) < 4.78 is 0. The third-order valence-electron chi connectivity index (χ3n) is 4.35. The number of anilines is 1. The van der Waals surface area contributed by atoms with E-state index in [1.807, 2.05) is 30.0 Å². The van der Waals surface area contributed by atoms with Crippen molar-refractivity contribution >= 4 is 22.5 Å². The van der Waals surface area contributed by atoms with Crippen molar-refractivity contribution in [2.75, 3.05) is 31.1 Å². The summed E-state index contributed by atoms with van der Waals surface area (Å²) in [6.07, 6.45) is 1.36. The molecule has 7 heteroatoms. The molecule has 0 unspecified atom stereocenters. The molecular weight excluding hydrogens is 304 g/mol. The molecule has 7 nitrogen and oxygen atoms in total. The van der Waals surface area contributed by atoms with Crippen LogP contribution in [0, 0.1) is 6.92 Å². The first kappa shape index (κ1) is 14.6. The van der Waals surface area contributed by atoms with Crippen LogP contribution in [0.15, 0.2) is 36.7 Å². The summed E-state index contributed by atoms with van der Waals surface area (Å²) in [7, 11) is 0. The molecule has 2 aromatic heterocycles. The molecule has 0 saturated carbocycles. The van der Waals surface area contributed by atoms with E-state index in [1.54, 1.807) is 0 Å². The molecule has 122 valence electrons. The number of aromatic nitrogens is 4. The number of rotatable bonds is 2. The maximum absolute atomic E-state index is 12.3. The molecule has 1 amide bonds. The molecule has 1 aliphatic rings. The Morgan fingerprint density at radius 2 is 1.96 bits per heavy atom. The molecule has 0 atom stereocenters. The third-order valence-corrected chi connectivity index (χ3v) is 4.35. The van der Waals surface area contributed by atoms with Gasteiger partial charge >= 0.3 is 0 Å². The number of nitrogens with one attached hydrogen (secondary N) is 1. The average Bonchev–Trinajstić information content (AvgIpc) is 3.15. The van der Waals surface area contributed by atoms with Gasteiger partial charge in [-0.15, -0.1) is 0 Å². The summed E-state index contributed by atoms with van der Waals surface area (Å²) in [5.41, 5.74) is 3.20. The number of para-hydroxylation sites is 1. The number of hydrogen-bond donors (Lipinski definition) is 1. The maximum Gasteiger partial charge on any atom is 0.291 e. The standard InChI is InChI=1S/C17H18N6O/c1-12-10-15(13-4-2-3-5-14(13)20-12)22-6-8-23(9-7-22)17(24)16-18-11-19-21-16/h2-5,10-11H,6-9H2,1H3,(H,18,19,21). The maximum atomic E-state index is 12.3. The van der Waals surface area contributed by atoms with E-state index in [4.69, 9.17) is 0 Å². The number of benzene rings is 1. The SMILES string of the molecule is Cc1cc(N2CCN(C(=O)c3ncn[nH]3)CC2)c2ccccc2n1. The Bertz CT molecular complexity index is 868. The van der Waals surface area contributed by atoms with Gasteiger partial charge in [-0.05, 0) is 19.1 Å². The molecule has 3 aromatic rings. The first-order valence-electron chi connectivity index (χ1n) is 7.98. The van der Waals surface area contributed by atoms with E-state index in [0.29, 0.717) is 18.9 Å². The van der Waals surface area contributed by atoms with Crippen LogP contribution in [0.3, 0.4) is 0 Å². The number of amides is 1. The number of carbonyl (C=O) groups is 1. The monoisotopic (exact) mass is 322 g/mol. The lowest BCUT2D eigenvalue weighted by Crippen LogP contribution is -2.49. The Kier molecular flexibility index (Phi) is 3.60. The van der Waals surface area contributed by atoms with Gasteiger partial charge in [-0.2, -0.15) is 5.10 Å². The lowest BCUT2D eigenvalue weighted by Gasteiger charge is -2.36. The van der Waals surface area contributed by atoms with Crippen LogP contribution < -0.4 is 4.90 Å². The fourth-order valence-electron chi connectivity index (χ4n) is 3.16. The van der Waals surface area contributed by atoms with Gasteiger partial charge in [-0.25, -0.2) is 4.98 Å². The molecule has 4 rings (SSSR count). The second-order valence-electron chi connectivity index (χ2n) is 5.91. The van der Waals surface area contributed by atoms with Crippen molar-refractivity contribution in [1.29, 1.82) is 0 Å². The smallest absolute Gasteiger partial charge is 0.291 e. The Morgan fingerprint density at radius 1 is 1.17 bits per heavy atom. The average molecular weight is 322 g/mol. The molecule has 1 fully saturated rings. The minimum atomic E-state index is -0.0945. The number of pyridine rings is 1. The van der Waals surface area contributed by atoms with Crippen LogP contribution in [0.2, 0.25) is 0 Å². The molecular formula is C17H18N6O. The van der Waals surface area contributed by atoms with Gasteiger partial charge < -0.3 is 9.80 Å². The van der Waals surface area contributed by atoms with E-state index in [0.717, 1.165) is 29.7 Å². The zero-order valence-corrected chi connectivity index (χ0v) is 13.4. The van der Waals surface area contributed by atoms with E-state index in [9.17, 15) is 4.79 Å². The zero-order valence-electron chi connectivity index (χ0n) is 13.4. The van der Waals surface area contributed by atoms with Crippen molar-refractivity contribution in [1.82, 2.24) is 25.1 Å². The Balaban J connectivity index is 1.55. The minimum Gasteiger partial charge on any atom is -0.367 e. The Labute approximate surface area is 139 Å². The lowest BCUT2D eigenvalue weighted by atomic mass is 10.1. The predicted octanol–water partition coefficient (Wildman–Crippen LogP) is 1.62. The molecule has 0 bridgehead atoms. The second-order valence-corrected chi connectivity index (χ2v) is 5.91. The van der Waals surface area contributed by atoms with E-state index < -0.39 is 0 Å². The highest BCUT2D eigenvalue weighted by molar-refractivity contribution is 5.93. The number of aromatic amines is 1. The largest absolute Gasteiger partial charge is 0.367 e. The summed E-state index contributed by atoms with van der Waals surface area (Å²) in [5.74, 6) is 0.205. The highest BCUT2D eigenvalue weighted by Gasteiger charge is 2.24. The van der Waals surface area contributed by atoms with Crippen LogP contribution in [-0.4, -0.2) is 57.2 Å². The second kappa shape index (κ2) is 5.92. The van der Waals surface area contributed by atoms with Gasteiger partial charge in [0.05, 0.1) is 5.52 Å². The molecule has 0 radical (unpaired) electrons. The number of piperazine rings is 1. The van der Waals surface area contributed by atoms with Crippen LogP contribution >= 0.6 is 0 Å². The number of H-pyrrole nitrogens is 1. The molecule has 24 heavy (non-hydrogen) atoms. The molecule has 0 aliphatic carbocycles. The van der Waals surface area contributed by atoms with Crippen molar-refractivity contribution in [3.63, 3.8) is 0 Å². The van der Waals surface area contributed by atoms with Crippen molar-refractivity contribution in [3.05, 3.63) is 48.2 Å². The van der Waals surface area contributed by atoms with Gasteiger partial charge in [0.2, 0.25) is 5.82 Å². The molecule has 1 aliphatic heterocycles. The summed E-state index contributed by atoms with van der Waals surface area (Å²) in [5, 5.41) is 7.53. The van der Waals surface area contributed by atoms with Gasteiger partial charge in [0.1, 0.15) is 6.33 Å². The molecule has 3 heterocycles. The van der Waals surface area contributed by atoms with Crippen molar-refractivity contribution in [3.8, 4) is 0 Å². The first-order chi connectivity index (χ1) is 11.7.